The van der Waals surface area contributed by atoms with Gasteiger partial charge in [-0.3, -0.25) is 4.68 Å². The summed E-state index contributed by atoms with van der Waals surface area (Å²) in [5, 5.41) is 7.78. The number of rotatable bonds is 7. The van der Waals surface area contributed by atoms with Crippen molar-refractivity contribution in [3.8, 4) is 0 Å². The molecule has 114 valence electrons. The lowest BCUT2D eigenvalue weighted by Crippen LogP contribution is -2.30. The van der Waals surface area contributed by atoms with Gasteiger partial charge in [-0.2, -0.15) is 5.10 Å². The van der Waals surface area contributed by atoms with E-state index in [4.69, 9.17) is 0 Å². The lowest BCUT2D eigenvalue weighted by Gasteiger charge is -2.21. The first-order valence-electron chi connectivity index (χ1n) is 7.24. The van der Waals surface area contributed by atoms with Crippen LogP contribution in [0.25, 0.3) is 0 Å². The second kappa shape index (κ2) is 7.19. The number of aromatic nitrogens is 2. The molecule has 20 heavy (non-hydrogen) atoms. The van der Waals surface area contributed by atoms with E-state index in [2.05, 4.69) is 26.0 Å². The van der Waals surface area contributed by atoms with Gasteiger partial charge >= 0.3 is 0 Å². The van der Waals surface area contributed by atoms with Crippen molar-refractivity contribution in [2.45, 2.75) is 44.7 Å². The van der Waals surface area contributed by atoms with E-state index in [9.17, 15) is 8.42 Å². The maximum Gasteiger partial charge on any atom is 0.208 e. The first kappa shape index (κ1) is 15.5. The third-order valence-electron chi connectivity index (χ3n) is 3.58. The van der Waals surface area contributed by atoms with Crippen LogP contribution >= 0.6 is 0 Å². The van der Waals surface area contributed by atoms with E-state index in [1.165, 1.54) is 38.4 Å². The van der Waals surface area contributed by atoms with Crippen molar-refractivity contribution < 1.29 is 8.42 Å². The van der Waals surface area contributed by atoms with E-state index in [-0.39, 0.29) is 0 Å². The minimum atomic E-state index is -3.09. The summed E-state index contributed by atoms with van der Waals surface area (Å²) < 4.78 is 26.3. The van der Waals surface area contributed by atoms with Gasteiger partial charge in [0, 0.05) is 25.8 Å². The molecule has 0 aromatic carbocycles. The summed E-state index contributed by atoms with van der Waals surface area (Å²) in [4.78, 5) is 0. The second-order valence-corrected chi connectivity index (χ2v) is 7.26. The van der Waals surface area contributed by atoms with Crippen molar-refractivity contribution in [2.75, 3.05) is 19.3 Å². The molecule has 0 amide bonds. The van der Waals surface area contributed by atoms with Gasteiger partial charge in [-0.25, -0.2) is 13.1 Å². The van der Waals surface area contributed by atoms with Gasteiger partial charge in [-0.1, -0.05) is 19.3 Å². The zero-order valence-electron chi connectivity index (χ0n) is 12.0. The van der Waals surface area contributed by atoms with Crippen LogP contribution in [-0.4, -0.2) is 37.5 Å². The summed E-state index contributed by atoms with van der Waals surface area (Å²) in [6.45, 7) is 1.68. The zero-order valence-corrected chi connectivity index (χ0v) is 12.8. The lowest BCUT2D eigenvalue weighted by molar-refractivity contribution is 0.327. The molecule has 0 bridgehead atoms. The topological polar surface area (TPSA) is 76.0 Å². The third-order valence-corrected chi connectivity index (χ3v) is 4.31. The Hall–Kier alpha value is -0.920. The molecule has 1 aromatic heterocycles. The highest BCUT2D eigenvalue weighted by molar-refractivity contribution is 7.88. The maximum atomic E-state index is 10.9. The fourth-order valence-corrected chi connectivity index (χ4v) is 3.03. The predicted molar refractivity (Wildman–Crippen MR) is 78.9 cm³/mol. The van der Waals surface area contributed by atoms with Crippen molar-refractivity contribution in [3.05, 3.63) is 18.0 Å². The molecule has 1 aliphatic carbocycles. The summed E-state index contributed by atoms with van der Waals surface area (Å²) in [7, 11) is -3.09. The van der Waals surface area contributed by atoms with Gasteiger partial charge in [0.2, 0.25) is 10.0 Å². The van der Waals surface area contributed by atoms with Gasteiger partial charge in [-0.15, -0.1) is 0 Å². The molecule has 2 N–H and O–H groups in total. The Morgan fingerprint density at radius 1 is 1.30 bits per heavy atom. The van der Waals surface area contributed by atoms with E-state index < -0.39 is 10.0 Å². The number of nitrogens with one attached hydrogen (secondary N) is 2. The van der Waals surface area contributed by atoms with Crippen LogP contribution in [0.1, 0.15) is 43.8 Å². The molecule has 0 radical (unpaired) electrons. The van der Waals surface area contributed by atoms with Crippen molar-refractivity contribution in [1.29, 1.82) is 0 Å². The van der Waals surface area contributed by atoms with Crippen LogP contribution in [0.4, 0.5) is 0 Å². The van der Waals surface area contributed by atoms with Crippen LogP contribution in [0.2, 0.25) is 0 Å². The average molecular weight is 300 g/mol. The largest absolute Gasteiger partial charge is 0.310 e. The van der Waals surface area contributed by atoms with Crippen LogP contribution in [0, 0.1) is 0 Å². The molecule has 1 aliphatic rings. The molecule has 0 unspecified atom stereocenters. The van der Waals surface area contributed by atoms with E-state index in [0.29, 0.717) is 25.7 Å². The molecule has 1 aromatic rings. The average Bonchev–Trinajstić information content (AvgIpc) is 2.87. The minimum absolute atomic E-state index is 0.405. The third kappa shape index (κ3) is 5.22. The monoisotopic (exact) mass is 300 g/mol. The fraction of sp³-hybridized carbons (Fsp3) is 0.769. The highest BCUT2D eigenvalue weighted by Gasteiger charge is 2.15. The lowest BCUT2D eigenvalue weighted by atomic mass is 9.96. The molecule has 7 heteroatoms. The molecule has 1 saturated carbocycles. The van der Waals surface area contributed by atoms with E-state index >= 15 is 0 Å². The molecular weight excluding hydrogens is 276 g/mol. The normalized spacial score (nSPS) is 17.4. The Balaban J connectivity index is 1.70. The minimum Gasteiger partial charge on any atom is -0.310 e. The molecule has 1 fully saturated rings. The molecule has 0 aliphatic heterocycles. The van der Waals surface area contributed by atoms with Crippen molar-refractivity contribution >= 4 is 10.0 Å². The number of sulfonamides is 1. The van der Waals surface area contributed by atoms with E-state index in [0.717, 1.165) is 5.69 Å². The highest BCUT2D eigenvalue weighted by Crippen LogP contribution is 2.27. The standard InChI is InChI=1S/C13H24N4O2S/c1-20(18,19)15-9-8-14-11-12-7-10-17(16-12)13-5-3-2-4-6-13/h7,10,13-15H,2-6,8-9,11H2,1H3. The maximum absolute atomic E-state index is 10.9. The van der Waals surface area contributed by atoms with Crippen LogP contribution in [0.15, 0.2) is 12.3 Å². The van der Waals surface area contributed by atoms with Gasteiger partial charge in [0.1, 0.15) is 0 Å². The summed E-state index contributed by atoms with van der Waals surface area (Å²) in [5.41, 5.74) is 1.01. The van der Waals surface area contributed by atoms with Gasteiger partial charge in [0.05, 0.1) is 18.0 Å². The van der Waals surface area contributed by atoms with Crippen molar-refractivity contribution in [2.24, 2.45) is 0 Å². The van der Waals surface area contributed by atoms with Crippen LogP contribution in [0.5, 0.6) is 0 Å². The zero-order chi connectivity index (χ0) is 14.4. The summed E-state index contributed by atoms with van der Waals surface area (Å²) in [6.07, 6.45) is 9.63. The van der Waals surface area contributed by atoms with Gasteiger partial charge in [0.15, 0.2) is 0 Å². The SMILES string of the molecule is CS(=O)(=O)NCCNCc1ccn(C2CCCCC2)n1. The number of hydrogen-bond donors (Lipinski definition) is 2. The van der Waals surface area contributed by atoms with Gasteiger partial charge in [-0.05, 0) is 18.9 Å². The van der Waals surface area contributed by atoms with Crippen LogP contribution in [0.3, 0.4) is 0 Å². The van der Waals surface area contributed by atoms with E-state index in [1.54, 1.807) is 0 Å². The summed E-state index contributed by atoms with van der Waals surface area (Å²) in [6, 6.07) is 2.59. The Morgan fingerprint density at radius 2 is 2.05 bits per heavy atom. The predicted octanol–water partition coefficient (Wildman–Crippen LogP) is 1.03. The molecule has 2 rings (SSSR count). The molecule has 0 saturated heterocycles. The molecule has 0 spiro atoms. The molecule has 1 heterocycles. The number of hydrogen-bond acceptors (Lipinski definition) is 4. The van der Waals surface area contributed by atoms with Gasteiger partial charge < -0.3 is 5.32 Å². The molecule has 6 nitrogen and oxygen atoms in total. The Labute approximate surface area is 121 Å². The van der Waals surface area contributed by atoms with Crippen LogP contribution in [-0.2, 0) is 16.6 Å². The highest BCUT2D eigenvalue weighted by atomic mass is 32.2. The van der Waals surface area contributed by atoms with Crippen LogP contribution < -0.4 is 10.0 Å². The Morgan fingerprint density at radius 3 is 2.75 bits per heavy atom. The summed E-state index contributed by atoms with van der Waals surface area (Å²) in [5.74, 6) is 0. The summed E-state index contributed by atoms with van der Waals surface area (Å²) >= 11 is 0. The second-order valence-electron chi connectivity index (χ2n) is 5.42. The quantitative estimate of drug-likeness (QED) is 0.737. The Kier molecular flexibility index (Phi) is 5.56. The van der Waals surface area contributed by atoms with Crippen molar-refractivity contribution in [3.63, 3.8) is 0 Å². The molecule has 0 atom stereocenters. The first-order valence-corrected chi connectivity index (χ1v) is 9.13. The smallest absolute Gasteiger partial charge is 0.208 e. The number of nitrogens with zero attached hydrogens (tertiary/aromatic N) is 2. The van der Waals surface area contributed by atoms with Crippen molar-refractivity contribution in [1.82, 2.24) is 19.8 Å². The molecular formula is C13H24N4O2S. The first-order chi connectivity index (χ1) is 9.54. The van der Waals surface area contributed by atoms with E-state index in [1.807, 2.05) is 6.07 Å². The fourth-order valence-electron chi connectivity index (χ4n) is 2.56. The Bertz CT molecular complexity index is 506. The van der Waals surface area contributed by atoms with Gasteiger partial charge in [0.25, 0.3) is 0 Å².